The van der Waals surface area contributed by atoms with Gasteiger partial charge in [-0.1, -0.05) is 85.3 Å². The SMILES string of the molecule is CCCNC(=O)[C@H](Cc1ccccc1)N(Cc1ccccc1F)C(=O)CN(c1ccc(Cl)cc1)S(=O)(=O)c1ccccc1. The van der Waals surface area contributed by atoms with E-state index in [2.05, 4.69) is 5.32 Å². The Hall–Kier alpha value is -4.21. The molecule has 1 atom stereocenters. The molecule has 0 spiro atoms. The monoisotopic (exact) mass is 621 g/mol. The lowest BCUT2D eigenvalue weighted by Crippen LogP contribution is -2.53. The molecule has 4 aromatic rings. The zero-order valence-corrected chi connectivity index (χ0v) is 25.3. The normalized spacial score (nSPS) is 11.9. The van der Waals surface area contributed by atoms with Gasteiger partial charge in [0.15, 0.2) is 0 Å². The van der Waals surface area contributed by atoms with E-state index in [0.717, 1.165) is 9.87 Å². The topological polar surface area (TPSA) is 86.8 Å². The van der Waals surface area contributed by atoms with E-state index < -0.39 is 40.2 Å². The van der Waals surface area contributed by atoms with Gasteiger partial charge in [0.25, 0.3) is 10.0 Å². The number of anilines is 1. The summed E-state index contributed by atoms with van der Waals surface area (Å²) in [6, 6.07) is 28.0. The van der Waals surface area contributed by atoms with Crippen LogP contribution in [0.15, 0.2) is 114 Å². The van der Waals surface area contributed by atoms with Gasteiger partial charge in [0.2, 0.25) is 11.8 Å². The summed E-state index contributed by atoms with van der Waals surface area (Å²) in [7, 11) is -4.23. The predicted octanol–water partition coefficient (Wildman–Crippen LogP) is 5.84. The van der Waals surface area contributed by atoms with Gasteiger partial charge in [-0.05, 0) is 54.4 Å². The average Bonchev–Trinajstić information content (AvgIpc) is 3.02. The Morgan fingerprint density at radius 3 is 2.09 bits per heavy atom. The van der Waals surface area contributed by atoms with Crippen LogP contribution in [0.4, 0.5) is 10.1 Å². The minimum absolute atomic E-state index is 0.0140. The van der Waals surface area contributed by atoms with Gasteiger partial charge in [-0.25, -0.2) is 12.8 Å². The Bertz CT molecular complexity index is 1620. The van der Waals surface area contributed by atoms with Crippen LogP contribution in [0, 0.1) is 5.82 Å². The number of rotatable bonds is 13. The molecule has 0 bridgehead atoms. The van der Waals surface area contributed by atoms with Crippen molar-refractivity contribution >= 4 is 39.1 Å². The fraction of sp³-hybridized carbons (Fsp3) is 0.212. The molecule has 0 fully saturated rings. The molecule has 0 aliphatic heterocycles. The molecule has 0 saturated carbocycles. The highest BCUT2D eigenvalue weighted by molar-refractivity contribution is 7.92. The number of hydrogen-bond donors (Lipinski definition) is 1. The number of hydrogen-bond acceptors (Lipinski definition) is 4. The molecule has 0 radical (unpaired) electrons. The molecule has 1 N–H and O–H groups in total. The quantitative estimate of drug-likeness (QED) is 0.203. The smallest absolute Gasteiger partial charge is 0.264 e. The first kappa shape index (κ1) is 31.7. The summed E-state index contributed by atoms with van der Waals surface area (Å²) in [5.41, 5.74) is 1.19. The minimum atomic E-state index is -4.23. The summed E-state index contributed by atoms with van der Waals surface area (Å²) in [5, 5.41) is 3.26. The van der Waals surface area contributed by atoms with Crippen LogP contribution >= 0.6 is 11.6 Å². The maximum absolute atomic E-state index is 14.9. The van der Waals surface area contributed by atoms with E-state index >= 15 is 0 Å². The van der Waals surface area contributed by atoms with Gasteiger partial charge in [0.05, 0.1) is 10.6 Å². The van der Waals surface area contributed by atoms with Gasteiger partial charge in [0.1, 0.15) is 18.4 Å². The number of amides is 2. The van der Waals surface area contributed by atoms with Crippen LogP contribution in [0.3, 0.4) is 0 Å². The Morgan fingerprint density at radius 2 is 1.47 bits per heavy atom. The van der Waals surface area contributed by atoms with E-state index in [0.29, 0.717) is 18.0 Å². The standard InChI is InChI=1S/C33H33ClFN3O4S/c1-2-21-36-33(40)31(22-25-11-5-3-6-12-25)37(23-26-13-9-10-16-30(26)35)32(39)24-38(28-19-17-27(34)18-20-28)43(41,42)29-14-7-4-8-15-29/h3-20,31H,2,21-24H2,1H3,(H,36,40)/t31-/m0/s1. The Morgan fingerprint density at radius 1 is 0.860 bits per heavy atom. The van der Waals surface area contributed by atoms with E-state index in [1.807, 2.05) is 37.3 Å². The Kier molecular flexibility index (Phi) is 10.9. The molecule has 2 amide bonds. The third-order valence-electron chi connectivity index (χ3n) is 6.84. The van der Waals surface area contributed by atoms with Crippen LogP contribution in [0.25, 0.3) is 0 Å². The van der Waals surface area contributed by atoms with Gasteiger partial charge in [-0.3, -0.25) is 13.9 Å². The van der Waals surface area contributed by atoms with E-state index in [1.54, 1.807) is 24.3 Å². The van der Waals surface area contributed by atoms with Gasteiger partial charge in [-0.2, -0.15) is 0 Å². The van der Waals surface area contributed by atoms with Crippen LogP contribution in [0.2, 0.25) is 5.02 Å². The minimum Gasteiger partial charge on any atom is -0.354 e. The lowest BCUT2D eigenvalue weighted by molar-refractivity contribution is -0.140. The number of nitrogens with zero attached hydrogens (tertiary/aromatic N) is 2. The number of nitrogens with one attached hydrogen (secondary N) is 1. The van der Waals surface area contributed by atoms with E-state index in [-0.39, 0.29) is 29.1 Å². The molecule has 0 aliphatic carbocycles. The highest BCUT2D eigenvalue weighted by Gasteiger charge is 2.34. The van der Waals surface area contributed by atoms with Crippen molar-refractivity contribution in [3.63, 3.8) is 0 Å². The predicted molar refractivity (Wildman–Crippen MR) is 167 cm³/mol. The molecular formula is C33H33ClFN3O4S. The number of carbonyl (C=O) groups excluding carboxylic acids is 2. The van der Waals surface area contributed by atoms with Crippen molar-refractivity contribution in [1.82, 2.24) is 10.2 Å². The fourth-order valence-electron chi connectivity index (χ4n) is 4.59. The van der Waals surface area contributed by atoms with Crippen molar-refractivity contribution in [1.29, 1.82) is 0 Å². The van der Waals surface area contributed by atoms with Crippen molar-refractivity contribution in [2.45, 2.75) is 37.2 Å². The number of sulfonamides is 1. The van der Waals surface area contributed by atoms with E-state index in [1.165, 1.54) is 59.5 Å². The van der Waals surface area contributed by atoms with E-state index in [4.69, 9.17) is 11.6 Å². The molecule has 0 aromatic heterocycles. The molecule has 0 aliphatic rings. The summed E-state index contributed by atoms with van der Waals surface area (Å²) >= 11 is 6.08. The molecule has 4 rings (SSSR count). The highest BCUT2D eigenvalue weighted by Crippen LogP contribution is 2.26. The molecule has 0 saturated heterocycles. The molecule has 43 heavy (non-hydrogen) atoms. The number of halogens is 2. The highest BCUT2D eigenvalue weighted by atomic mass is 35.5. The summed E-state index contributed by atoms with van der Waals surface area (Å²) in [5.74, 6) is -1.64. The fourth-order valence-corrected chi connectivity index (χ4v) is 6.15. The van der Waals surface area contributed by atoms with Gasteiger partial charge in [-0.15, -0.1) is 0 Å². The van der Waals surface area contributed by atoms with Gasteiger partial charge >= 0.3 is 0 Å². The summed E-state index contributed by atoms with van der Waals surface area (Å²) in [6.07, 6.45) is 0.813. The molecule has 4 aromatic carbocycles. The molecule has 0 heterocycles. The number of carbonyl (C=O) groups is 2. The zero-order valence-electron chi connectivity index (χ0n) is 23.7. The van der Waals surface area contributed by atoms with Crippen LogP contribution < -0.4 is 9.62 Å². The first-order valence-corrected chi connectivity index (χ1v) is 15.7. The van der Waals surface area contributed by atoms with Crippen LogP contribution in [0.1, 0.15) is 24.5 Å². The molecule has 10 heteroatoms. The van der Waals surface area contributed by atoms with Crippen molar-refractivity contribution in [2.75, 3.05) is 17.4 Å². The maximum atomic E-state index is 14.9. The van der Waals surface area contributed by atoms with Gasteiger partial charge < -0.3 is 10.2 Å². The van der Waals surface area contributed by atoms with Crippen molar-refractivity contribution in [2.24, 2.45) is 0 Å². The van der Waals surface area contributed by atoms with Crippen molar-refractivity contribution in [3.8, 4) is 0 Å². The van der Waals surface area contributed by atoms with E-state index in [9.17, 15) is 22.4 Å². The van der Waals surface area contributed by atoms with Crippen molar-refractivity contribution < 1.29 is 22.4 Å². The third kappa shape index (κ3) is 8.21. The zero-order chi connectivity index (χ0) is 30.8. The maximum Gasteiger partial charge on any atom is 0.264 e. The second-order valence-corrected chi connectivity index (χ2v) is 12.2. The average molecular weight is 622 g/mol. The summed E-state index contributed by atoms with van der Waals surface area (Å²) in [4.78, 5) is 29.1. The van der Waals surface area contributed by atoms with Crippen molar-refractivity contribution in [3.05, 3.63) is 131 Å². The molecule has 0 unspecified atom stereocenters. The van der Waals surface area contributed by atoms with Crippen LogP contribution in [-0.2, 0) is 32.6 Å². The largest absolute Gasteiger partial charge is 0.354 e. The van der Waals surface area contributed by atoms with Crippen LogP contribution in [-0.4, -0.2) is 44.3 Å². The molecule has 7 nitrogen and oxygen atoms in total. The first-order chi connectivity index (χ1) is 20.7. The molecule has 224 valence electrons. The second-order valence-electron chi connectivity index (χ2n) is 9.91. The Labute approximate surface area is 257 Å². The first-order valence-electron chi connectivity index (χ1n) is 13.9. The summed E-state index contributed by atoms with van der Waals surface area (Å²) < 4.78 is 43.7. The number of benzene rings is 4. The second kappa shape index (κ2) is 14.8. The summed E-state index contributed by atoms with van der Waals surface area (Å²) in [6.45, 7) is 1.40. The molecular weight excluding hydrogens is 589 g/mol. The third-order valence-corrected chi connectivity index (χ3v) is 8.88. The van der Waals surface area contributed by atoms with Crippen LogP contribution in [0.5, 0.6) is 0 Å². The van der Waals surface area contributed by atoms with Gasteiger partial charge in [0, 0.05) is 30.1 Å². The lowest BCUT2D eigenvalue weighted by atomic mass is 10.0. The Balaban J connectivity index is 1.79. The lowest BCUT2D eigenvalue weighted by Gasteiger charge is -2.34.